The molecule has 0 spiro atoms. The fourth-order valence-electron chi connectivity index (χ4n) is 10.1. The zero-order valence-corrected chi connectivity index (χ0v) is 55.6. The van der Waals surface area contributed by atoms with Crippen molar-refractivity contribution in [3.8, 4) is 0 Å². The van der Waals surface area contributed by atoms with Crippen molar-refractivity contribution in [1.82, 2.24) is 0 Å². The molecule has 3 atom stereocenters. The highest BCUT2D eigenvalue weighted by molar-refractivity contribution is 6.60. The molecule has 2 bridgehead atoms. The highest BCUT2D eigenvalue weighted by Gasteiger charge is 2.44. The Morgan fingerprint density at radius 3 is 1.24 bits per heavy atom. The predicted octanol–water partition coefficient (Wildman–Crippen LogP) is 5.77. The van der Waals surface area contributed by atoms with Crippen LogP contribution in [-0.4, -0.2) is 202 Å². The summed E-state index contributed by atoms with van der Waals surface area (Å²) in [6.07, 6.45) is 46.5. The average molecular weight is 1230 g/mol. The maximum absolute atomic E-state index is 9.08. The first-order valence-corrected chi connectivity index (χ1v) is 36.1. The van der Waals surface area contributed by atoms with Crippen LogP contribution in [0.15, 0.2) is 0 Å². The zero-order chi connectivity index (χ0) is 56.9. The Morgan fingerprint density at radius 2 is 0.850 bits per heavy atom. The van der Waals surface area contributed by atoms with Gasteiger partial charge in [-0.25, -0.2) is 0 Å². The van der Waals surface area contributed by atoms with Gasteiger partial charge in [-0.05, 0) is 25.7 Å². The topological polar surface area (TPSA) is 186 Å². The number of ether oxygens (including phenoxy) is 4. The Bertz CT molecular complexity index is 1230. The molecule has 2 heterocycles. The number of fused-ring (bicyclic) bond motifs is 3. The molecule has 3 unspecified atom stereocenters. The van der Waals surface area contributed by atoms with Crippen LogP contribution in [0.1, 0.15) is 240 Å². The van der Waals surface area contributed by atoms with Gasteiger partial charge in [0.1, 0.15) is 12.2 Å². The molecule has 2 rings (SSSR count). The van der Waals surface area contributed by atoms with E-state index in [9.17, 15) is 0 Å². The number of hydrogen-bond donors (Lipinski definition) is 6. The van der Waals surface area contributed by atoms with E-state index in [1.807, 2.05) is 0 Å². The quantitative estimate of drug-likeness (QED) is 0.0245. The smallest absolute Gasteiger partial charge is 0.501 e. The molecule has 15 nitrogen and oxygen atoms in total. The number of rotatable bonds is 50. The number of quaternary nitrogens is 2. The Morgan fingerprint density at radius 1 is 0.475 bits per heavy atom. The standard InChI is InChI=1S/C30H62NO5Si.C23H52NO3Si.C7H16O5.CH4.2ClH/c1-4-5-6-7-8-9-10-11-12-13-14-15-16-17-18-19-21-31(2,3)22-20-27-37-34-25-23-32-28-30(29-36-37)33-24-26-35-37;1-4-5-6-7-8-9-10-11-12-13-14-15-16-17-18-19-21-24(2,3)22-20-23-28(25,26)27;8-1-3-11-6-7(5-10)12-4-2-9;;;/h30H,4-29H2,1-3H3;25-27H,4-23H2,1-3H3;7-10H,1-6H2;1H4;2*1H/q2*+1;;;;/p-2. The van der Waals surface area contributed by atoms with Gasteiger partial charge < -0.3 is 95.7 Å². The fraction of sp³-hybridized carbons (Fsp3) is 1.00. The lowest BCUT2D eigenvalue weighted by atomic mass is 10.0. The molecule has 488 valence electrons. The summed E-state index contributed by atoms with van der Waals surface area (Å²) in [7, 11) is 2.65. The normalized spacial score (nSPS) is 17.2. The molecule has 6 N–H and O–H groups in total. The summed E-state index contributed by atoms with van der Waals surface area (Å²) in [4.78, 5) is 27.2. The summed E-state index contributed by atoms with van der Waals surface area (Å²) < 4.78 is 41.9. The van der Waals surface area contributed by atoms with Crippen molar-refractivity contribution in [2.75, 3.05) is 134 Å². The minimum Gasteiger partial charge on any atom is -1.00 e. The molecule has 2 aliphatic rings. The first-order chi connectivity index (χ1) is 37.2. The van der Waals surface area contributed by atoms with E-state index in [-0.39, 0.29) is 84.0 Å². The largest absolute Gasteiger partial charge is 1.00 e. The van der Waals surface area contributed by atoms with Crippen molar-refractivity contribution in [2.45, 2.75) is 264 Å². The van der Waals surface area contributed by atoms with Gasteiger partial charge in [0.05, 0.1) is 134 Å². The Kier molecular flexibility index (Phi) is 66.3. The number of halogens is 2. The van der Waals surface area contributed by atoms with Gasteiger partial charge in [0.25, 0.3) is 0 Å². The minimum atomic E-state index is -3.84. The summed E-state index contributed by atoms with van der Waals surface area (Å²) in [6.45, 7) is 12.8. The van der Waals surface area contributed by atoms with Crippen molar-refractivity contribution in [2.24, 2.45) is 0 Å². The summed E-state index contributed by atoms with van der Waals surface area (Å²) >= 11 is 0. The van der Waals surface area contributed by atoms with Crippen molar-refractivity contribution in [3.05, 3.63) is 0 Å². The van der Waals surface area contributed by atoms with E-state index in [0.29, 0.717) is 46.1 Å². The molecule has 0 radical (unpaired) electrons. The van der Waals surface area contributed by atoms with Gasteiger partial charge in [-0.2, -0.15) is 0 Å². The van der Waals surface area contributed by atoms with Gasteiger partial charge in [0.15, 0.2) is 0 Å². The predicted molar refractivity (Wildman–Crippen MR) is 327 cm³/mol. The van der Waals surface area contributed by atoms with E-state index in [1.165, 1.54) is 212 Å². The second kappa shape index (κ2) is 61.1. The fourth-order valence-corrected chi connectivity index (χ4v) is 13.2. The van der Waals surface area contributed by atoms with Crippen molar-refractivity contribution >= 4 is 17.6 Å². The van der Waals surface area contributed by atoms with Gasteiger partial charge in [-0.3, -0.25) is 0 Å². The van der Waals surface area contributed by atoms with E-state index in [2.05, 4.69) is 42.0 Å². The number of nitrogens with zero attached hydrogens (tertiary/aromatic N) is 2. The van der Waals surface area contributed by atoms with E-state index < -0.39 is 23.7 Å². The molecule has 0 saturated carbocycles. The molecular formula is C61H134Cl2N2O13Si2. The molecule has 0 amide bonds. The Balaban J connectivity index is -0.000000595. The van der Waals surface area contributed by atoms with E-state index in [4.69, 9.17) is 61.9 Å². The molecule has 19 heteroatoms. The molecule has 0 aromatic rings. The Hall–Kier alpha value is 0.414. The lowest BCUT2D eigenvalue weighted by Crippen LogP contribution is -3.00. The molecule has 80 heavy (non-hydrogen) atoms. The molecular weight excluding hydrogens is 1100 g/mol. The van der Waals surface area contributed by atoms with Gasteiger partial charge >= 0.3 is 17.6 Å². The Labute approximate surface area is 508 Å². The first kappa shape index (κ1) is 86.9. The van der Waals surface area contributed by atoms with Gasteiger partial charge in [0, 0.05) is 24.9 Å². The maximum Gasteiger partial charge on any atom is 0.501 e. The minimum absolute atomic E-state index is 0. The SMILES string of the molecule is C.CCCCCCCCCCCCCCCCCC[N+](C)(C)CCC[Si](O)(O)O.CCCCCCCCCCCCCCCCCC[N+](C)(C)CCC[Si]12OCCOCC(CO1)OCCO2.OCCOCC(CO)OCCO.[Cl-].[Cl-]. The third-order valence-electron chi connectivity index (χ3n) is 15.0. The second-order valence-corrected chi connectivity index (χ2v) is 28.6. The van der Waals surface area contributed by atoms with E-state index >= 15 is 0 Å². The van der Waals surface area contributed by atoms with Crippen molar-refractivity contribution in [3.63, 3.8) is 0 Å². The highest BCUT2D eigenvalue weighted by Crippen LogP contribution is 2.24. The van der Waals surface area contributed by atoms with E-state index in [1.54, 1.807) is 0 Å². The zero-order valence-electron chi connectivity index (χ0n) is 52.1. The van der Waals surface area contributed by atoms with Crippen LogP contribution in [0.3, 0.4) is 0 Å². The summed E-state index contributed by atoms with van der Waals surface area (Å²) in [5.41, 5.74) is 0. The van der Waals surface area contributed by atoms with Gasteiger partial charge in [-0.1, -0.05) is 201 Å². The lowest BCUT2D eigenvalue weighted by molar-refractivity contribution is -0.890. The first-order valence-electron chi connectivity index (χ1n) is 32.1. The van der Waals surface area contributed by atoms with Crippen molar-refractivity contribution < 1.29 is 95.7 Å². The third-order valence-corrected chi connectivity index (χ3v) is 18.9. The van der Waals surface area contributed by atoms with Crippen LogP contribution >= 0.6 is 0 Å². The highest BCUT2D eigenvalue weighted by atomic mass is 35.5. The number of hydrogen-bond acceptors (Lipinski definition) is 13. The maximum atomic E-state index is 9.08. The summed E-state index contributed by atoms with van der Waals surface area (Å²) in [6, 6.07) is 1.05. The van der Waals surface area contributed by atoms with Gasteiger partial charge in [0.2, 0.25) is 0 Å². The molecule has 2 aliphatic heterocycles. The van der Waals surface area contributed by atoms with E-state index in [0.717, 1.165) is 41.1 Å². The van der Waals surface area contributed by atoms with Crippen LogP contribution in [0, 0.1) is 0 Å². The monoisotopic (exact) mass is 1230 g/mol. The van der Waals surface area contributed by atoms with Gasteiger partial charge in [-0.15, -0.1) is 0 Å². The van der Waals surface area contributed by atoms with Crippen LogP contribution < -0.4 is 24.8 Å². The van der Waals surface area contributed by atoms with Crippen LogP contribution in [0.4, 0.5) is 0 Å². The number of aliphatic hydroxyl groups is 3. The van der Waals surface area contributed by atoms with Crippen LogP contribution in [0.5, 0.6) is 0 Å². The average Bonchev–Trinajstić information content (AvgIpc) is 3.45. The molecule has 2 saturated heterocycles. The molecule has 0 aliphatic carbocycles. The summed E-state index contributed by atoms with van der Waals surface area (Å²) in [5.74, 6) is 0. The van der Waals surface area contributed by atoms with Crippen LogP contribution in [0.25, 0.3) is 0 Å². The molecule has 2 fully saturated rings. The lowest BCUT2D eigenvalue weighted by Gasteiger charge is -2.34. The summed E-state index contributed by atoms with van der Waals surface area (Å²) in [5, 5.41) is 25.5. The molecule has 0 aromatic heterocycles. The third kappa shape index (κ3) is 60.1. The van der Waals surface area contributed by atoms with Crippen molar-refractivity contribution in [1.29, 1.82) is 0 Å². The second-order valence-electron chi connectivity index (χ2n) is 23.8. The number of aliphatic hydroxyl groups excluding tert-OH is 3. The van der Waals surface area contributed by atoms with Crippen LogP contribution in [0.2, 0.25) is 12.1 Å². The van der Waals surface area contributed by atoms with Crippen LogP contribution in [-0.2, 0) is 32.2 Å². The molecule has 0 aromatic carbocycles. The number of unbranched alkanes of at least 4 members (excludes halogenated alkanes) is 30.